The molecule has 1 aliphatic rings. The first-order chi connectivity index (χ1) is 17.9. The highest BCUT2D eigenvalue weighted by molar-refractivity contribution is 6.42. The van der Waals surface area contributed by atoms with Gasteiger partial charge < -0.3 is 9.88 Å². The van der Waals surface area contributed by atoms with E-state index in [4.69, 9.17) is 34.8 Å². The first-order valence-electron chi connectivity index (χ1n) is 12.3. The maximum atomic E-state index is 14.0. The lowest BCUT2D eigenvalue weighted by atomic mass is 9.97. The molecular weight excluding hydrogens is 525 g/mol. The van der Waals surface area contributed by atoms with Crippen LogP contribution in [0.25, 0.3) is 28.0 Å². The van der Waals surface area contributed by atoms with Gasteiger partial charge in [0.05, 0.1) is 15.7 Å². The summed E-state index contributed by atoms with van der Waals surface area (Å²) in [5.41, 5.74) is 8.58. The van der Waals surface area contributed by atoms with Crippen LogP contribution in [0.3, 0.4) is 0 Å². The van der Waals surface area contributed by atoms with Gasteiger partial charge >= 0.3 is 0 Å². The van der Waals surface area contributed by atoms with Gasteiger partial charge in [-0.1, -0.05) is 76.8 Å². The van der Waals surface area contributed by atoms with Gasteiger partial charge in [0.1, 0.15) is 11.3 Å². The van der Waals surface area contributed by atoms with Crippen LogP contribution in [0.5, 0.6) is 0 Å². The molecule has 2 aromatic heterocycles. The lowest BCUT2D eigenvalue weighted by Crippen LogP contribution is -2.15. The molecule has 7 heteroatoms. The van der Waals surface area contributed by atoms with Crippen LogP contribution in [-0.4, -0.2) is 14.9 Å². The minimum absolute atomic E-state index is 0.210. The van der Waals surface area contributed by atoms with Crippen LogP contribution >= 0.6 is 34.8 Å². The van der Waals surface area contributed by atoms with E-state index in [1.165, 1.54) is 5.56 Å². The third kappa shape index (κ3) is 4.33. The summed E-state index contributed by atoms with van der Waals surface area (Å²) in [6.07, 6.45) is 5.03. The summed E-state index contributed by atoms with van der Waals surface area (Å²) in [6.45, 7) is 2.97. The molecule has 0 spiro atoms. The lowest BCUT2D eigenvalue weighted by Gasteiger charge is -2.11. The number of aryl methyl sites for hydroxylation is 3. The first-order valence-corrected chi connectivity index (χ1v) is 13.4. The minimum Gasteiger partial charge on any atom is -0.325 e. The Labute approximate surface area is 230 Å². The molecule has 0 bridgehead atoms. The Kier molecular flexibility index (Phi) is 6.28. The van der Waals surface area contributed by atoms with Crippen molar-refractivity contribution in [2.24, 2.45) is 0 Å². The van der Waals surface area contributed by atoms with E-state index in [0.717, 1.165) is 59.4 Å². The van der Waals surface area contributed by atoms with Gasteiger partial charge in [0.15, 0.2) is 0 Å². The molecule has 4 nitrogen and oxygen atoms in total. The highest BCUT2D eigenvalue weighted by atomic mass is 35.5. The molecule has 3 heterocycles. The van der Waals surface area contributed by atoms with E-state index in [1.54, 1.807) is 18.2 Å². The minimum atomic E-state index is -0.210. The largest absolute Gasteiger partial charge is 0.325 e. The predicted molar refractivity (Wildman–Crippen MR) is 153 cm³/mol. The SMILES string of the molecule is Cc1ccc(-c2cn3c(C(=O)Nc4cccc(Cl)c4)c(-c4ccc(Cl)c(Cl)c4)c4c3n2CCCC4)cc1. The second kappa shape index (κ2) is 9.60. The summed E-state index contributed by atoms with van der Waals surface area (Å²) in [4.78, 5) is 14.0. The van der Waals surface area contributed by atoms with Crippen molar-refractivity contribution >= 4 is 52.0 Å². The molecule has 1 amide bonds. The van der Waals surface area contributed by atoms with E-state index >= 15 is 0 Å². The fourth-order valence-electron chi connectivity index (χ4n) is 5.28. The number of hydrogen-bond donors (Lipinski definition) is 1. The summed E-state index contributed by atoms with van der Waals surface area (Å²) in [5, 5.41) is 4.57. The summed E-state index contributed by atoms with van der Waals surface area (Å²) >= 11 is 18.9. The molecule has 37 heavy (non-hydrogen) atoms. The fourth-order valence-corrected chi connectivity index (χ4v) is 5.77. The molecule has 0 radical (unpaired) electrons. The molecule has 0 saturated heterocycles. The number of imidazole rings is 1. The average molecular weight is 549 g/mol. The molecule has 0 saturated carbocycles. The van der Waals surface area contributed by atoms with E-state index in [1.807, 2.05) is 28.7 Å². The van der Waals surface area contributed by atoms with Crippen LogP contribution in [0.15, 0.2) is 72.9 Å². The lowest BCUT2D eigenvalue weighted by molar-refractivity contribution is 0.102. The molecule has 1 aliphatic heterocycles. The van der Waals surface area contributed by atoms with Crippen LogP contribution in [0, 0.1) is 6.92 Å². The molecule has 1 N–H and O–H groups in total. The smallest absolute Gasteiger partial charge is 0.273 e. The van der Waals surface area contributed by atoms with Crippen molar-refractivity contribution in [2.75, 3.05) is 5.32 Å². The standard InChI is InChI=1S/C30H24Cl3N3O/c1-18-8-10-19(11-9-18)26-17-36-28(29(37)34-22-6-4-5-21(31)16-22)27(20-12-13-24(32)25(33)15-20)23-7-2-3-14-35(26)30(23)36/h4-6,8-13,15-17H,2-3,7,14H2,1H3,(H,34,37). The Morgan fingerprint density at radius 3 is 2.43 bits per heavy atom. The predicted octanol–water partition coefficient (Wildman–Crippen LogP) is 8.93. The van der Waals surface area contributed by atoms with Crippen molar-refractivity contribution in [1.29, 1.82) is 0 Å². The van der Waals surface area contributed by atoms with Gasteiger partial charge in [-0.2, -0.15) is 0 Å². The Hall–Kier alpha value is -3.18. The number of carbonyl (C=O) groups excluding carboxylic acids is 1. The number of carbonyl (C=O) groups is 1. The second-order valence-corrected chi connectivity index (χ2v) is 10.7. The Balaban J connectivity index is 1.62. The molecule has 0 unspecified atom stereocenters. The second-order valence-electron chi connectivity index (χ2n) is 9.48. The van der Waals surface area contributed by atoms with Gasteiger partial charge in [-0.3, -0.25) is 9.20 Å². The van der Waals surface area contributed by atoms with Crippen LogP contribution in [0.1, 0.15) is 34.5 Å². The quantitative estimate of drug-likeness (QED) is 0.239. The molecule has 0 atom stereocenters. The van der Waals surface area contributed by atoms with Crippen LogP contribution in [0.2, 0.25) is 15.1 Å². The zero-order valence-corrected chi connectivity index (χ0v) is 22.5. The highest BCUT2D eigenvalue weighted by Crippen LogP contribution is 2.41. The highest BCUT2D eigenvalue weighted by Gasteiger charge is 2.30. The Morgan fingerprint density at radius 2 is 1.68 bits per heavy atom. The zero-order valence-electron chi connectivity index (χ0n) is 20.2. The molecule has 5 aromatic rings. The monoisotopic (exact) mass is 547 g/mol. The van der Waals surface area contributed by atoms with Crippen LogP contribution in [0.4, 0.5) is 5.69 Å². The first kappa shape index (κ1) is 24.2. The molecule has 0 aliphatic carbocycles. The van der Waals surface area contributed by atoms with Gasteiger partial charge in [-0.05, 0) is 67.6 Å². The van der Waals surface area contributed by atoms with E-state index < -0.39 is 0 Å². The maximum Gasteiger partial charge on any atom is 0.273 e. The van der Waals surface area contributed by atoms with Gasteiger partial charge in [-0.25, -0.2) is 0 Å². The number of hydrogen-bond acceptors (Lipinski definition) is 1. The van der Waals surface area contributed by atoms with Crippen molar-refractivity contribution in [3.63, 3.8) is 0 Å². The Bertz CT molecular complexity index is 1660. The van der Waals surface area contributed by atoms with E-state index in [-0.39, 0.29) is 5.91 Å². The van der Waals surface area contributed by atoms with Gasteiger partial charge in [0, 0.05) is 34.6 Å². The zero-order chi connectivity index (χ0) is 25.7. The maximum absolute atomic E-state index is 14.0. The topological polar surface area (TPSA) is 38.4 Å². The third-order valence-electron chi connectivity index (χ3n) is 6.99. The molecule has 6 rings (SSSR count). The van der Waals surface area contributed by atoms with Crippen molar-refractivity contribution < 1.29 is 4.79 Å². The third-order valence-corrected chi connectivity index (χ3v) is 7.96. The molecular formula is C30H24Cl3N3O. The number of anilines is 1. The van der Waals surface area contributed by atoms with Crippen molar-refractivity contribution in [1.82, 2.24) is 8.97 Å². The Morgan fingerprint density at radius 1 is 0.892 bits per heavy atom. The van der Waals surface area contributed by atoms with Crippen molar-refractivity contribution in [3.05, 3.63) is 105 Å². The summed E-state index contributed by atoms with van der Waals surface area (Å²) in [6, 6.07) is 21.3. The van der Waals surface area contributed by atoms with Crippen LogP contribution < -0.4 is 5.32 Å². The number of benzene rings is 3. The summed E-state index contributed by atoms with van der Waals surface area (Å²) < 4.78 is 4.40. The average Bonchev–Trinajstić information content (AvgIpc) is 3.29. The fraction of sp³-hybridized carbons (Fsp3) is 0.167. The number of nitrogens with one attached hydrogen (secondary N) is 1. The van der Waals surface area contributed by atoms with E-state index in [2.05, 4.69) is 47.3 Å². The number of rotatable bonds is 4. The normalized spacial score (nSPS) is 13.1. The van der Waals surface area contributed by atoms with Gasteiger partial charge in [-0.15, -0.1) is 0 Å². The van der Waals surface area contributed by atoms with Gasteiger partial charge in [0.25, 0.3) is 5.91 Å². The van der Waals surface area contributed by atoms with Crippen molar-refractivity contribution in [2.45, 2.75) is 32.7 Å². The summed E-state index contributed by atoms with van der Waals surface area (Å²) in [5.74, 6) is -0.210. The molecule has 186 valence electrons. The number of amides is 1. The van der Waals surface area contributed by atoms with E-state index in [9.17, 15) is 4.79 Å². The summed E-state index contributed by atoms with van der Waals surface area (Å²) in [7, 11) is 0. The molecule has 3 aromatic carbocycles. The van der Waals surface area contributed by atoms with Crippen molar-refractivity contribution in [3.8, 4) is 22.4 Å². The molecule has 0 fully saturated rings. The van der Waals surface area contributed by atoms with E-state index in [0.29, 0.717) is 26.4 Å². The number of halogens is 3. The van der Waals surface area contributed by atoms with Crippen LogP contribution in [-0.2, 0) is 13.0 Å². The van der Waals surface area contributed by atoms with Gasteiger partial charge in [0.2, 0.25) is 0 Å². The number of aromatic nitrogens is 2. The number of nitrogens with zero attached hydrogens (tertiary/aromatic N) is 2.